The lowest BCUT2D eigenvalue weighted by Gasteiger charge is -2.22. The first kappa shape index (κ1) is 11.9. The minimum absolute atomic E-state index is 0.113. The molecular weight excluding hydrogens is 216 g/mol. The van der Waals surface area contributed by atoms with Gasteiger partial charge in [0.05, 0.1) is 11.2 Å². The van der Waals surface area contributed by atoms with E-state index in [1.807, 2.05) is 0 Å². The minimum atomic E-state index is -0.768. The van der Waals surface area contributed by atoms with Gasteiger partial charge in [-0.05, 0) is 31.4 Å². The third kappa shape index (κ3) is 2.26. The van der Waals surface area contributed by atoms with Crippen LogP contribution in [0.3, 0.4) is 0 Å². The van der Waals surface area contributed by atoms with Crippen LogP contribution in [-0.2, 0) is 4.79 Å². The van der Waals surface area contributed by atoms with E-state index in [4.69, 9.17) is 5.73 Å². The third-order valence-electron chi connectivity index (χ3n) is 3.43. The van der Waals surface area contributed by atoms with E-state index in [2.05, 4.69) is 5.32 Å². The fourth-order valence-corrected chi connectivity index (χ4v) is 2.24. The van der Waals surface area contributed by atoms with Gasteiger partial charge in [0.25, 0.3) is 0 Å². The predicted octanol–water partition coefficient (Wildman–Crippen LogP) is 1.91. The Morgan fingerprint density at radius 3 is 2.71 bits per heavy atom. The molecule has 0 heterocycles. The third-order valence-corrected chi connectivity index (χ3v) is 3.43. The summed E-state index contributed by atoms with van der Waals surface area (Å²) < 4.78 is 0. The van der Waals surface area contributed by atoms with Crippen molar-refractivity contribution in [2.24, 2.45) is 5.73 Å². The molecule has 4 heteroatoms. The van der Waals surface area contributed by atoms with E-state index >= 15 is 0 Å². The van der Waals surface area contributed by atoms with Crippen molar-refractivity contribution in [2.45, 2.75) is 38.1 Å². The first-order chi connectivity index (χ1) is 8.03. The Balaban J connectivity index is 2.16. The van der Waals surface area contributed by atoms with Crippen molar-refractivity contribution in [3.8, 4) is 5.75 Å². The number of hydrogen-bond acceptors (Lipinski definition) is 3. The summed E-state index contributed by atoms with van der Waals surface area (Å²) in [4.78, 5) is 12.1. The summed E-state index contributed by atoms with van der Waals surface area (Å²) in [6.07, 6.45) is 3.41. The number of carbonyl (C=O) groups excluding carboxylic acids is 1. The smallest absolute Gasteiger partial charge is 0.244 e. The second-order valence-electron chi connectivity index (χ2n) is 4.79. The van der Waals surface area contributed by atoms with E-state index in [0.29, 0.717) is 18.5 Å². The highest BCUT2D eigenvalue weighted by atomic mass is 16.3. The lowest BCUT2D eigenvalue weighted by atomic mass is 9.98. The Labute approximate surface area is 101 Å². The molecule has 0 saturated heterocycles. The van der Waals surface area contributed by atoms with Crippen molar-refractivity contribution < 1.29 is 9.90 Å². The zero-order valence-corrected chi connectivity index (χ0v) is 9.99. The van der Waals surface area contributed by atoms with Gasteiger partial charge in [-0.2, -0.15) is 0 Å². The highest BCUT2D eigenvalue weighted by molar-refractivity contribution is 5.99. The molecule has 0 atom stereocenters. The quantitative estimate of drug-likeness (QED) is 0.684. The number of rotatable bonds is 2. The second kappa shape index (κ2) is 4.37. The number of nitrogens with two attached hydrogens (primary N) is 1. The molecule has 2 rings (SSSR count). The molecule has 1 aromatic rings. The number of aromatic hydroxyl groups is 1. The van der Waals surface area contributed by atoms with Gasteiger partial charge in [0.1, 0.15) is 5.75 Å². The van der Waals surface area contributed by atoms with Crippen molar-refractivity contribution in [1.29, 1.82) is 0 Å². The van der Waals surface area contributed by atoms with Gasteiger partial charge in [-0.25, -0.2) is 0 Å². The highest BCUT2D eigenvalue weighted by Gasteiger charge is 2.37. The number of phenolic OH excluding ortho intramolecular Hbond substituents is 1. The van der Waals surface area contributed by atoms with E-state index in [9.17, 15) is 9.90 Å². The number of aryl methyl sites for hydroxylation is 1. The number of hydrogen-bond donors (Lipinski definition) is 3. The van der Waals surface area contributed by atoms with E-state index < -0.39 is 5.54 Å². The van der Waals surface area contributed by atoms with Crippen LogP contribution in [0.15, 0.2) is 18.2 Å². The number of anilines is 1. The fraction of sp³-hybridized carbons (Fsp3) is 0.462. The molecule has 1 saturated carbocycles. The summed E-state index contributed by atoms with van der Waals surface area (Å²) in [6, 6.07) is 5.26. The van der Waals surface area contributed by atoms with Gasteiger partial charge in [0.2, 0.25) is 5.91 Å². The van der Waals surface area contributed by atoms with Gasteiger partial charge in [-0.3, -0.25) is 4.79 Å². The molecule has 0 aromatic heterocycles. The van der Waals surface area contributed by atoms with Gasteiger partial charge in [-0.15, -0.1) is 0 Å². The molecule has 1 aliphatic carbocycles. The Kier molecular flexibility index (Phi) is 3.07. The van der Waals surface area contributed by atoms with E-state index in [-0.39, 0.29) is 11.7 Å². The van der Waals surface area contributed by atoms with Crippen molar-refractivity contribution in [3.63, 3.8) is 0 Å². The van der Waals surface area contributed by atoms with Crippen LogP contribution in [0.2, 0.25) is 0 Å². The van der Waals surface area contributed by atoms with Crippen molar-refractivity contribution in [2.75, 3.05) is 5.32 Å². The molecule has 0 spiro atoms. The molecule has 1 aliphatic rings. The fourth-order valence-electron chi connectivity index (χ4n) is 2.24. The van der Waals surface area contributed by atoms with Crippen LogP contribution in [0.5, 0.6) is 5.75 Å². The van der Waals surface area contributed by atoms with Crippen LogP contribution in [0.25, 0.3) is 0 Å². The zero-order chi connectivity index (χ0) is 12.5. The number of nitrogens with one attached hydrogen (secondary N) is 1. The van der Waals surface area contributed by atoms with E-state index in [0.717, 1.165) is 18.4 Å². The molecule has 0 unspecified atom stereocenters. The topological polar surface area (TPSA) is 75.4 Å². The summed E-state index contributed by atoms with van der Waals surface area (Å²) >= 11 is 0. The maximum Gasteiger partial charge on any atom is 0.244 e. The summed E-state index contributed by atoms with van der Waals surface area (Å²) in [5.41, 5.74) is 6.45. The van der Waals surface area contributed by atoms with E-state index in [1.54, 1.807) is 25.1 Å². The monoisotopic (exact) mass is 234 g/mol. The molecule has 4 N–H and O–H groups in total. The maximum atomic E-state index is 12.1. The van der Waals surface area contributed by atoms with Crippen LogP contribution >= 0.6 is 0 Å². The predicted molar refractivity (Wildman–Crippen MR) is 66.9 cm³/mol. The van der Waals surface area contributed by atoms with Crippen molar-refractivity contribution >= 4 is 11.6 Å². The molecule has 0 radical (unpaired) electrons. The lowest BCUT2D eigenvalue weighted by Crippen LogP contribution is -2.48. The normalized spacial score (nSPS) is 18.0. The lowest BCUT2D eigenvalue weighted by molar-refractivity contribution is -0.121. The zero-order valence-electron chi connectivity index (χ0n) is 9.99. The Bertz CT molecular complexity index is 437. The number of carbonyl (C=O) groups is 1. The Morgan fingerprint density at radius 2 is 2.06 bits per heavy atom. The average molecular weight is 234 g/mol. The van der Waals surface area contributed by atoms with Gasteiger partial charge < -0.3 is 16.2 Å². The highest BCUT2D eigenvalue weighted by Crippen LogP contribution is 2.31. The number of amides is 1. The summed E-state index contributed by atoms with van der Waals surface area (Å²) in [6.45, 7) is 1.79. The molecule has 1 aromatic carbocycles. The molecule has 4 nitrogen and oxygen atoms in total. The first-order valence-electron chi connectivity index (χ1n) is 5.92. The summed E-state index contributed by atoms with van der Waals surface area (Å²) in [5, 5.41) is 12.5. The summed E-state index contributed by atoms with van der Waals surface area (Å²) in [5.74, 6) is -0.0849. The van der Waals surface area contributed by atoms with Crippen LogP contribution in [0.1, 0.15) is 31.2 Å². The van der Waals surface area contributed by atoms with Crippen LogP contribution in [-0.4, -0.2) is 16.6 Å². The second-order valence-corrected chi connectivity index (χ2v) is 4.79. The van der Waals surface area contributed by atoms with Gasteiger partial charge >= 0.3 is 0 Å². The maximum absolute atomic E-state index is 12.1. The molecule has 92 valence electrons. The Morgan fingerprint density at radius 1 is 1.41 bits per heavy atom. The molecule has 1 fully saturated rings. The number of phenols is 1. The molecule has 0 aliphatic heterocycles. The van der Waals surface area contributed by atoms with Crippen LogP contribution in [0.4, 0.5) is 5.69 Å². The first-order valence-corrected chi connectivity index (χ1v) is 5.92. The largest absolute Gasteiger partial charge is 0.505 e. The van der Waals surface area contributed by atoms with Crippen molar-refractivity contribution in [1.82, 2.24) is 0 Å². The number of benzene rings is 1. The van der Waals surface area contributed by atoms with Gasteiger partial charge in [0.15, 0.2) is 0 Å². The molecular formula is C13H18N2O2. The Hall–Kier alpha value is -1.55. The van der Waals surface area contributed by atoms with Crippen LogP contribution in [0, 0.1) is 6.92 Å². The molecule has 17 heavy (non-hydrogen) atoms. The molecule has 1 amide bonds. The van der Waals surface area contributed by atoms with Crippen LogP contribution < -0.4 is 11.1 Å². The summed E-state index contributed by atoms with van der Waals surface area (Å²) in [7, 11) is 0. The number of para-hydroxylation sites is 1. The van der Waals surface area contributed by atoms with Gasteiger partial charge in [0, 0.05) is 0 Å². The van der Waals surface area contributed by atoms with Crippen molar-refractivity contribution in [3.05, 3.63) is 23.8 Å². The average Bonchev–Trinajstić information content (AvgIpc) is 2.73. The van der Waals surface area contributed by atoms with Gasteiger partial charge in [-0.1, -0.05) is 25.0 Å². The standard InChI is InChI=1S/C13H18N2O2/c1-9-5-4-6-10(11(9)16)15-12(17)13(14)7-2-3-8-13/h4-6,16H,2-3,7-8,14H2,1H3,(H,15,17). The van der Waals surface area contributed by atoms with E-state index in [1.165, 1.54) is 0 Å². The SMILES string of the molecule is Cc1cccc(NC(=O)C2(N)CCCC2)c1O. The molecule has 0 bridgehead atoms. The minimum Gasteiger partial charge on any atom is -0.505 e.